The second kappa shape index (κ2) is 8.95. The summed E-state index contributed by atoms with van der Waals surface area (Å²) in [6.07, 6.45) is 7.09. The maximum atomic E-state index is 12.6. The van der Waals surface area contributed by atoms with E-state index in [1.165, 1.54) is 44.3 Å². The average molecular weight is 384 g/mol. The maximum Gasteiger partial charge on any atom is 0.223 e. The second-order valence-corrected chi connectivity index (χ2v) is 8.39. The van der Waals surface area contributed by atoms with Crippen molar-refractivity contribution in [2.75, 3.05) is 44.2 Å². The van der Waals surface area contributed by atoms with Crippen molar-refractivity contribution >= 4 is 22.9 Å². The molecule has 28 heavy (non-hydrogen) atoms. The van der Waals surface area contributed by atoms with Gasteiger partial charge in [-0.25, -0.2) is 4.98 Å². The lowest BCUT2D eigenvalue weighted by Gasteiger charge is -2.31. The molecule has 2 aliphatic heterocycles. The number of benzene rings is 1. The summed E-state index contributed by atoms with van der Waals surface area (Å²) in [4.78, 5) is 25.5. The largest absolute Gasteiger partial charge is 0.355 e. The van der Waals surface area contributed by atoms with Crippen molar-refractivity contribution in [2.45, 2.75) is 45.4 Å². The number of rotatable bonds is 5. The lowest BCUT2D eigenvalue weighted by Crippen LogP contribution is -2.43. The van der Waals surface area contributed by atoms with Gasteiger partial charge in [-0.1, -0.05) is 18.9 Å². The molecule has 2 saturated heterocycles. The number of piperidine rings is 1. The standard InChI is InChI=1S/C22H33N5O/c1-17-6-7-19-20(16-17)25-22(24-19)27-13-8-18(9-14-27)21(28)23-10-15-26-11-4-2-3-5-12-26/h6-7,16,18H,2-5,8-15H2,1H3,(H,23,28)(H,24,25). The van der Waals surface area contributed by atoms with Crippen LogP contribution in [0.3, 0.4) is 0 Å². The molecule has 1 aromatic carbocycles. The van der Waals surface area contributed by atoms with Crippen LogP contribution < -0.4 is 10.2 Å². The lowest BCUT2D eigenvalue weighted by atomic mass is 9.96. The number of aromatic nitrogens is 2. The minimum atomic E-state index is 0.131. The van der Waals surface area contributed by atoms with Gasteiger partial charge in [0.05, 0.1) is 11.0 Å². The van der Waals surface area contributed by atoms with Crippen molar-refractivity contribution in [2.24, 2.45) is 5.92 Å². The summed E-state index contributed by atoms with van der Waals surface area (Å²) in [5.41, 5.74) is 3.33. The first-order chi connectivity index (χ1) is 13.7. The van der Waals surface area contributed by atoms with Gasteiger partial charge in [0.2, 0.25) is 11.9 Å². The molecule has 0 aliphatic carbocycles. The van der Waals surface area contributed by atoms with Crippen LogP contribution in [0.25, 0.3) is 11.0 Å². The highest BCUT2D eigenvalue weighted by molar-refractivity contribution is 5.80. The third-order valence-electron chi connectivity index (χ3n) is 6.22. The maximum absolute atomic E-state index is 12.6. The first kappa shape index (κ1) is 19.2. The van der Waals surface area contributed by atoms with Crippen molar-refractivity contribution < 1.29 is 4.79 Å². The van der Waals surface area contributed by atoms with Gasteiger partial charge in [-0.2, -0.15) is 0 Å². The van der Waals surface area contributed by atoms with E-state index in [0.717, 1.165) is 56.0 Å². The highest BCUT2D eigenvalue weighted by Gasteiger charge is 2.26. The summed E-state index contributed by atoms with van der Waals surface area (Å²) < 4.78 is 0. The predicted octanol–water partition coefficient (Wildman–Crippen LogP) is 3.08. The second-order valence-electron chi connectivity index (χ2n) is 8.39. The van der Waals surface area contributed by atoms with Gasteiger partial charge in [0, 0.05) is 32.1 Å². The molecule has 1 amide bonds. The molecular formula is C22H33N5O. The summed E-state index contributed by atoms with van der Waals surface area (Å²) >= 11 is 0. The molecule has 0 radical (unpaired) electrons. The van der Waals surface area contributed by atoms with Crippen LogP contribution in [0.4, 0.5) is 5.95 Å². The number of nitrogens with one attached hydrogen (secondary N) is 2. The van der Waals surface area contributed by atoms with Crippen LogP contribution in [-0.4, -0.2) is 60.0 Å². The van der Waals surface area contributed by atoms with Crippen LogP contribution >= 0.6 is 0 Å². The normalized spacial score (nSPS) is 19.7. The summed E-state index contributed by atoms with van der Waals surface area (Å²) in [5, 5.41) is 3.18. The van der Waals surface area contributed by atoms with Gasteiger partial charge in [0.25, 0.3) is 0 Å². The molecule has 152 valence electrons. The van der Waals surface area contributed by atoms with Crippen molar-refractivity contribution in [1.29, 1.82) is 0 Å². The summed E-state index contributed by atoms with van der Waals surface area (Å²) in [5.74, 6) is 1.29. The Kier molecular flexibility index (Phi) is 6.15. The Hall–Kier alpha value is -2.08. The molecule has 6 nitrogen and oxygen atoms in total. The van der Waals surface area contributed by atoms with Crippen molar-refractivity contribution in [3.63, 3.8) is 0 Å². The Labute approximate surface area is 167 Å². The molecule has 2 N–H and O–H groups in total. The Morgan fingerprint density at radius 1 is 1.14 bits per heavy atom. The van der Waals surface area contributed by atoms with E-state index in [0.29, 0.717) is 0 Å². The fourth-order valence-electron chi connectivity index (χ4n) is 4.45. The number of carbonyl (C=O) groups excluding carboxylic acids is 1. The molecule has 2 aromatic rings. The third-order valence-corrected chi connectivity index (χ3v) is 6.22. The number of aryl methyl sites for hydroxylation is 1. The lowest BCUT2D eigenvalue weighted by molar-refractivity contribution is -0.125. The number of hydrogen-bond acceptors (Lipinski definition) is 4. The van der Waals surface area contributed by atoms with Crippen LogP contribution in [0.2, 0.25) is 0 Å². The van der Waals surface area contributed by atoms with E-state index in [4.69, 9.17) is 4.98 Å². The Morgan fingerprint density at radius 2 is 1.89 bits per heavy atom. The molecule has 3 heterocycles. The van der Waals surface area contributed by atoms with Gasteiger partial charge < -0.3 is 20.1 Å². The van der Waals surface area contributed by atoms with Crippen LogP contribution in [-0.2, 0) is 4.79 Å². The smallest absolute Gasteiger partial charge is 0.223 e. The molecule has 0 unspecified atom stereocenters. The molecule has 2 aliphatic rings. The van der Waals surface area contributed by atoms with Gasteiger partial charge in [-0.15, -0.1) is 0 Å². The summed E-state index contributed by atoms with van der Waals surface area (Å²) in [7, 11) is 0. The van der Waals surface area contributed by atoms with E-state index in [9.17, 15) is 4.79 Å². The van der Waals surface area contributed by atoms with Gasteiger partial charge in [0.1, 0.15) is 0 Å². The number of carbonyl (C=O) groups is 1. The van der Waals surface area contributed by atoms with Crippen molar-refractivity contribution in [3.05, 3.63) is 23.8 Å². The summed E-state index contributed by atoms with van der Waals surface area (Å²) in [6.45, 7) is 7.99. The Bertz CT molecular complexity index is 785. The molecule has 4 rings (SSSR count). The van der Waals surface area contributed by atoms with E-state index in [2.05, 4.69) is 45.2 Å². The molecule has 0 bridgehead atoms. The first-order valence-electron chi connectivity index (χ1n) is 10.9. The minimum Gasteiger partial charge on any atom is -0.355 e. The van der Waals surface area contributed by atoms with E-state index >= 15 is 0 Å². The van der Waals surface area contributed by atoms with Crippen molar-refractivity contribution in [1.82, 2.24) is 20.2 Å². The summed E-state index contributed by atoms with van der Waals surface area (Å²) in [6, 6.07) is 6.29. The molecule has 0 spiro atoms. The van der Waals surface area contributed by atoms with Crippen LogP contribution in [0, 0.1) is 12.8 Å². The minimum absolute atomic E-state index is 0.131. The highest BCUT2D eigenvalue weighted by Crippen LogP contribution is 2.24. The number of likely N-dealkylation sites (tertiary alicyclic amines) is 1. The van der Waals surface area contributed by atoms with E-state index in [1.54, 1.807) is 0 Å². The number of aromatic amines is 1. The SMILES string of the molecule is Cc1ccc2nc(N3CCC(C(=O)NCCN4CCCCCC4)CC3)[nH]c2c1. The number of H-pyrrole nitrogens is 1. The zero-order valence-corrected chi connectivity index (χ0v) is 17.0. The first-order valence-corrected chi connectivity index (χ1v) is 10.9. The number of fused-ring (bicyclic) bond motifs is 1. The van der Waals surface area contributed by atoms with Crippen LogP contribution in [0.5, 0.6) is 0 Å². The number of nitrogens with zero attached hydrogens (tertiary/aromatic N) is 3. The molecular weight excluding hydrogens is 350 g/mol. The molecule has 1 aromatic heterocycles. The molecule has 0 atom stereocenters. The highest BCUT2D eigenvalue weighted by atomic mass is 16.1. The predicted molar refractivity (Wildman–Crippen MR) is 114 cm³/mol. The Morgan fingerprint density at radius 3 is 2.64 bits per heavy atom. The number of hydrogen-bond donors (Lipinski definition) is 2. The van der Waals surface area contributed by atoms with Crippen molar-refractivity contribution in [3.8, 4) is 0 Å². The Balaban J connectivity index is 1.23. The monoisotopic (exact) mass is 383 g/mol. The van der Waals surface area contributed by atoms with Crippen LogP contribution in [0.15, 0.2) is 18.2 Å². The van der Waals surface area contributed by atoms with E-state index in [-0.39, 0.29) is 11.8 Å². The van der Waals surface area contributed by atoms with Gasteiger partial charge in [0.15, 0.2) is 0 Å². The van der Waals surface area contributed by atoms with Gasteiger partial charge in [-0.05, 0) is 63.4 Å². The molecule has 6 heteroatoms. The van der Waals surface area contributed by atoms with E-state index in [1.807, 2.05) is 0 Å². The zero-order chi connectivity index (χ0) is 19.3. The zero-order valence-electron chi connectivity index (χ0n) is 17.0. The third kappa shape index (κ3) is 4.66. The quantitative estimate of drug-likeness (QED) is 0.833. The van der Waals surface area contributed by atoms with Crippen LogP contribution in [0.1, 0.15) is 44.1 Å². The topological polar surface area (TPSA) is 64.3 Å². The number of anilines is 1. The van der Waals surface area contributed by atoms with Gasteiger partial charge >= 0.3 is 0 Å². The fourth-order valence-corrected chi connectivity index (χ4v) is 4.45. The molecule has 2 fully saturated rings. The number of imidazole rings is 1. The fraction of sp³-hybridized carbons (Fsp3) is 0.636. The molecule has 0 saturated carbocycles. The average Bonchev–Trinajstić information content (AvgIpc) is 2.95. The van der Waals surface area contributed by atoms with E-state index < -0.39 is 0 Å². The van der Waals surface area contributed by atoms with Gasteiger partial charge in [-0.3, -0.25) is 4.79 Å². The number of amides is 1.